The molecule has 6 heteroatoms. The predicted octanol–water partition coefficient (Wildman–Crippen LogP) is 3.09. The molecule has 2 bridgehead atoms. The topological polar surface area (TPSA) is 60.0 Å². The van der Waals surface area contributed by atoms with Crippen LogP contribution in [0.1, 0.15) is 42.9 Å². The fraction of sp³-hybridized carbons (Fsp3) is 0.571. The Bertz CT molecular complexity index is 755. The van der Waals surface area contributed by atoms with Gasteiger partial charge < -0.3 is 19.5 Å². The number of amides is 1. The normalized spacial score (nSPS) is 31.3. The molecule has 0 radical (unpaired) electrons. The average molecular weight is 370 g/mol. The third-order valence-corrected chi connectivity index (χ3v) is 6.19. The lowest BCUT2D eigenvalue weighted by atomic mass is 9.86. The van der Waals surface area contributed by atoms with Crippen LogP contribution < -0.4 is 10.1 Å². The molecule has 0 aliphatic carbocycles. The predicted molar refractivity (Wildman–Crippen MR) is 100 cm³/mol. The summed E-state index contributed by atoms with van der Waals surface area (Å²) in [7, 11) is 0. The van der Waals surface area contributed by atoms with E-state index in [4.69, 9.17) is 14.2 Å². The smallest absolute Gasteiger partial charge is 0.407 e. The van der Waals surface area contributed by atoms with Crippen molar-refractivity contribution < 1.29 is 19.0 Å². The van der Waals surface area contributed by atoms with Crippen molar-refractivity contribution in [3.05, 3.63) is 35.4 Å². The van der Waals surface area contributed by atoms with E-state index in [1.165, 1.54) is 0 Å². The molecule has 27 heavy (non-hydrogen) atoms. The van der Waals surface area contributed by atoms with Crippen molar-refractivity contribution in [1.82, 2.24) is 10.2 Å². The largest absolute Gasteiger partial charge is 0.493 e. The number of fused-ring (bicyclic) bond motifs is 4. The van der Waals surface area contributed by atoms with Gasteiger partial charge in [0.1, 0.15) is 17.6 Å². The maximum atomic E-state index is 12.5. The zero-order valence-electron chi connectivity index (χ0n) is 15.5. The lowest BCUT2D eigenvalue weighted by Crippen LogP contribution is -2.52. The third-order valence-electron chi connectivity index (χ3n) is 6.19. The number of hydrogen-bond donors (Lipinski definition) is 1. The van der Waals surface area contributed by atoms with Gasteiger partial charge in [0.2, 0.25) is 0 Å². The number of hydrogen-bond acceptors (Lipinski definition) is 5. The molecular weight excluding hydrogens is 344 g/mol. The van der Waals surface area contributed by atoms with Crippen LogP contribution >= 0.6 is 0 Å². The Balaban J connectivity index is 1.26. The van der Waals surface area contributed by atoms with Crippen LogP contribution in [0.3, 0.4) is 0 Å². The molecular formula is C21H26N2O4. The quantitative estimate of drug-likeness (QED) is 0.886. The van der Waals surface area contributed by atoms with Gasteiger partial charge in [-0.3, -0.25) is 4.90 Å². The molecule has 5 heterocycles. The zero-order valence-corrected chi connectivity index (χ0v) is 15.5. The lowest BCUT2D eigenvalue weighted by Gasteiger charge is -2.44. The van der Waals surface area contributed by atoms with E-state index in [2.05, 4.69) is 16.3 Å². The standard InChI is InChI=1S/C21H26N2O4/c24-21(27-20-13-23-8-5-14(20)6-9-23)22-17-7-11-26-19-12-15(3-4-16(17)19)18-2-1-10-25-18/h2-4,12,14,17,20H,1,5-11,13H2,(H,22,24)/t17?,20-/m1/s1. The average Bonchev–Trinajstić information content (AvgIpc) is 3.23. The SMILES string of the molecule is O=C(NC1CCOc2cc(C3=CCCO3)ccc21)O[C@@H]1CN2CCC1CC2. The Kier molecular flexibility index (Phi) is 4.44. The van der Waals surface area contributed by atoms with Gasteiger partial charge in [-0.15, -0.1) is 0 Å². The molecule has 0 saturated carbocycles. The van der Waals surface area contributed by atoms with Crippen LogP contribution in [0, 0.1) is 5.92 Å². The molecule has 5 aliphatic heterocycles. The van der Waals surface area contributed by atoms with Crippen LogP contribution in [0.15, 0.2) is 24.3 Å². The first-order chi connectivity index (χ1) is 13.3. The highest BCUT2D eigenvalue weighted by molar-refractivity contribution is 5.69. The molecule has 6 nitrogen and oxygen atoms in total. The number of piperidine rings is 3. The summed E-state index contributed by atoms with van der Waals surface area (Å²) >= 11 is 0. The minimum absolute atomic E-state index is 0.0284. The minimum atomic E-state index is -0.308. The number of carbonyl (C=O) groups excluding carboxylic acids is 1. The highest BCUT2D eigenvalue weighted by atomic mass is 16.6. The minimum Gasteiger partial charge on any atom is -0.493 e. The van der Waals surface area contributed by atoms with E-state index in [0.29, 0.717) is 12.5 Å². The second-order valence-electron chi connectivity index (χ2n) is 7.87. The fourth-order valence-electron chi connectivity index (χ4n) is 4.67. The number of carbonyl (C=O) groups is 1. The summed E-state index contributed by atoms with van der Waals surface area (Å²) < 4.78 is 17.3. The van der Waals surface area contributed by atoms with Crippen molar-refractivity contribution in [1.29, 1.82) is 0 Å². The van der Waals surface area contributed by atoms with E-state index < -0.39 is 0 Å². The van der Waals surface area contributed by atoms with E-state index in [-0.39, 0.29) is 18.2 Å². The van der Waals surface area contributed by atoms with Gasteiger partial charge >= 0.3 is 6.09 Å². The van der Waals surface area contributed by atoms with Gasteiger partial charge in [-0.2, -0.15) is 0 Å². The van der Waals surface area contributed by atoms with Crippen LogP contribution in [0.5, 0.6) is 5.75 Å². The number of nitrogens with one attached hydrogen (secondary N) is 1. The number of ether oxygens (including phenoxy) is 3. The van der Waals surface area contributed by atoms with Gasteiger partial charge in [-0.05, 0) is 44.0 Å². The number of alkyl carbamates (subject to hydrolysis) is 1. The van der Waals surface area contributed by atoms with E-state index in [1.54, 1.807) is 0 Å². The Morgan fingerprint density at radius 2 is 2.04 bits per heavy atom. The van der Waals surface area contributed by atoms with Crippen LogP contribution in [-0.4, -0.2) is 49.9 Å². The highest BCUT2D eigenvalue weighted by Crippen LogP contribution is 2.36. The summed E-state index contributed by atoms with van der Waals surface area (Å²) in [6.45, 7) is 4.48. The Hall–Kier alpha value is -2.21. The van der Waals surface area contributed by atoms with Crippen molar-refractivity contribution in [3.63, 3.8) is 0 Å². The van der Waals surface area contributed by atoms with Crippen LogP contribution in [0.25, 0.3) is 5.76 Å². The molecule has 1 amide bonds. The van der Waals surface area contributed by atoms with E-state index in [9.17, 15) is 4.79 Å². The molecule has 2 atom stereocenters. The molecule has 0 aromatic heterocycles. The first-order valence-electron chi connectivity index (χ1n) is 10.1. The molecule has 1 unspecified atom stereocenters. The molecule has 1 N–H and O–H groups in total. The van der Waals surface area contributed by atoms with Gasteiger partial charge in [0, 0.05) is 30.5 Å². The first kappa shape index (κ1) is 16.9. The second kappa shape index (κ2) is 7.08. The molecule has 3 saturated heterocycles. The lowest BCUT2D eigenvalue weighted by molar-refractivity contribution is -0.0342. The van der Waals surface area contributed by atoms with Crippen LogP contribution in [-0.2, 0) is 9.47 Å². The molecule has 1 aromatic carbocycles. The van der Waals surface area contributed by atoms with Gasteiger partial charge in [0.15, 0.2) is 0 Å². The van der Waals surface area contributed by atoms with Crippen LogP contribution in [0.2, 0.25) is 0 Å². The summed E-state index contributed by atoms with van der Waals surface area (Å²) in [6.07, 6.45) is 5.80. The number of benzene rings is 1. The van der Waals surface area contributed by atoms with Crippen molar-refractivity contribution in [2.45, 2.75) is 37.8 Å². The van der Waals surface area contributed by atoms with Gasteiger partial charge in [-0.25, -0.2) is 4.79 Å². The van der Waals surface area contributed by atoms with Gasteiger partial charge in [-0.1, -0.05) is 12.1 Å². The molecule has 6 rings (SSSR count). The second-order valence-corrected chi connectivity index (χ2v) is 7.87. The number of nitrogens with zero attached hydrogens (tertiary/aromatic N) is 1. The molecule has 3 fully saturated rings. The third kappa shape index (κ3) is 3.38. The van der Waals surface area contributed by atoms with Crippen molar-refractivity contribution >= 4 is 11.9 Å². The monoisotopic (exact) mass is 370 g/mol. The molecule has 1 aromatic rings. The summed E-state index contributed by atoms with van der Waals surface area (Å²) in [5.41, 5.74) is 2.04. The zero-order chi connectivity index (χ0) is 18.2. The molecule has 5 aliphatic rings. The molecule has 0 spiro atoms. The Morgan fingerprint density at radius 3 is 2.78 bits per heavy atom. The summed E-state index contributed by atoms with van der Waals surface area (Å²) in [4.78, 5) is 14.9. The number of rotatable bonds is 3. The first-order valence-corrected chi connectivity index (χ1v) is 10.1. The van der Waals surface area contributed by atoms with Crippen LogP contribution in [0.4, 0.5) is 4.79 Å². The fourth-order valence-corrected chi connectivity index (χ4v) is 4.67. The maximum absolute atomic E-state index is 12.5. The van der Waals surface area contributed by atoms with Gasteiger partial charge in [0.05, 0.1) is 19.3 Å². The Morgan fingerprint density at radius 1 is 1.15 bits per heavy atom. The Labute approximate surface area is 159 Å². The summed E-state index contributed by atoms with van der Waals surface area (Å²) in [5, 5.41) is 3.07. The molecule has 144 valence electrons. The van der Waals surface area contributed by atoms with Crippen molar-refractivity contribution in [3.8, 4) is 5.75 Å². The summed E-state index contributed by atoms with van der Waals surface area (Å²) in [6, 6.07) is 6.01. The summed E-state index contributed by atoms with van der Waals surface area (Å²) in [5.74, 6) is 2.26. The van der Waals surface area contributed by atoms with Crippen molar-refractivity contribution in [2.24, 2.45) is 5.92 Å². The highest BCUT2D eigenvalue weighted by Gasteiger charge is 2.37. The van der Waals surface area contributed by atoms with E-state index in [0.717, 1.165) is 74.6 Å². The maximum Gasteiger partial charge on any atom is 0.407 e. The van der Waals surface area contributed by atoms with E-state index in [1.807, 2.05) is 18.2 Å². The van der Waals surface area contributed by atoms with E-state index >= 15 is 0 Å². The van der Waals surface area contributed by atoms with Gasteiger partial charge in [0.25, 0.3) is 0 Å². The van der Waals surface area contributed by atoms with Crippen molar-refractivity contribution in [2.75, 3.05) is 32.8 Å².